The number of benzene rings is 1. The van der Waals surface area contributed by atoms with Gasteiger partial charge in [0, 0.05) is 27.3 Å². The lowest BCUT2D eigenvalue weighted by atomic mass is 10.2. The third-order valence-corrected chi connectivity index (χ3v) is 3.56. The number of fused-ring (bicyclic) bond motifs is 1. The number of rotatable bonds is 6. The van der Waals surface area contributed by atoms with Gasteiger partial charge in [-0.3, -0.25) is 0 Å². The lowest BCUT2D eigenvalue weighted by molar-refractivity contribution is 0.201. The van der Waals surface area contributed by atoms with E-state index in [9.17, 15) is 0 Å². The van der Waals surface area contributed by atoms with Gasteiger partial charge >= 0.3 is 0 Å². The van der Waals surface area contributed by atoms with Crippen LogP contribution in [-0.4, -0.2) is 46.1 Å². The Morgan fingerprint density at radius 2 is 1.44 bits per heavy atom. The summed E-state index contributed by atoms with van der Waals surface area (Å²) in [5.74, 6) is 0. The fourth-order valence-corrected chi connectivity index (χ4v) is 2.59. The van der Waals surface area contributed by atoms with Crippen LogP contribution in [-0.2, 0) is 9.47 Å². The number of methoxy groups -OCH3 is 2. The van der Waals surface area contributed by atoms with Gasteiger partial charge < -0.3 is 19.3 Å². The smallest absolute Gasteiger partial charge is 0.180 e. The molecule has 1 heterocycles. The van der Waals surface area contributed by atoms with Crippen LogP contribution < -0.4 is 9.80 Å². The van der Waals surface area contributed by atoms with Crippen LogP contribution in [0.5, 0.6) is 0 Å². The molecule has 0 spiro atoms. The molecule has 2 rings (SSSR count). The molecule has 0 radical (unpaired) electrons. The molecular weight excluding hydrogens is 252 g/mol. The summed E-state index contributed by atoms with van der Waals surface area (Å²) >= 11 is 6.52. The average Bonchev–Trinajstić information content (AvgIpc) is 2.66. The molecule has 0 saturated carbocycles. The molecule has 100 valence electrons. The van der Waals surface area contributed by atoms with Crippen molar-refractivity contribution < 1.29 is 9.47 Å². The average molecular weight is 271 g/mol. The second-order valence-electron chi connectivity index (χ2n) is 4.17. The first-order valence-electron chi connectivity index (χ1n) is 6.04. The SMILES string of the molecule is COCCN1c2ccccc2N(CCOC)C1Cl. The van der Waals surface area contributed by atoms with Crippen molar-refractivity contribution in [1.29, 1.82) is 0 Å². The summed E-state index contributed by atoms with van der Waals surface area (Å²) in [7, 11) is 3.40. The van der Waals surface area contributed by atoms with Gasteiger partial charge in [0.1, 0.15) is 0 Å². The summed E-state index contributed by atoms with van der Waals surface area (Å²) < 4.78 is 10.3. The van der Waals surface area contributed by atoms with Gasteiger partial charge in [0.2, 0.25) is 0 Å². The number of halogens is 1. The fourth-order valence-electron chi connectivity index (χ4n) is 2.18. The molecule has 0 saturated heterocycles. The molecule has 0 aromatic heterocycles. The van der Waals surface area contributed by atoms with Crippen LogP contribution in [0.15, 0.2) is 24.3 Å². The van der Waals surface area contributed by atoms with Crippen LogP contribution >= 0.6 is 11.6 Å². The van der Waals surface area contributed by atoms with Crippen LogP contribution in [0.25, 0.3) is 0 Å². The number of anilines is 2. The van der Waals surface area contributed by atoms with E-state index in [0.29, 0.717) is 13.2 Å². The Labute approximate surface area is 113 Å². The lowest BCUT2D eigenvalue weighted by Gasteiger charge is -2.27. The Kier molecular flexibility index (Phi) is 4.69. The van der Waals surface area contributed by atoms with E-state index in [1.165, 1.54) is 0 Å². The van der Waals surface area contributed by atoms with E-state index < -0.39 is 0 Å². The van der Waals surface area contributed by atoms with E-state index in [1.54, 1.807) is 14.2 Å². The lowest BCUT2D eigenvalue weighted by Crippen LogP contribution is -2.41. The van der Waals surface area contributed by atoms with E-state index >= 15 is 0 Å². The summed E-state index contributed by atoms with van der Waals surface area (Å²) in [5.41, 5.74) is 2.14. The third kappa shape index (κ3) is 2.55. The molecule has 18 heavy (non-hydrogen) atoms. The molecule has 0 N–H and O–H groups in total. The van der Waals surface area contributed by atoms with E-state index in [2.05, 4.69) is 21.9 Å². The Morgan fingerprint density at radius 3 is 1.83 bits per heavy atom. The monoisotopic (exact) mass is 270 g/mol. The minimum Gasteiger partial charge on any atom is -0.383 e. The maximum atomic E-state index is 6.52. The van der Waals surface area contributed by atoms with Crippen molar-refractivity contribution in [3.8, 4) is 0 Å². The molecule has 0 unspecified atom stereocenters. The predicted molar refractivity (Wildman–Crippen MR) is 74.5 cm³/mol. The zero-order valence-corrected chi connectivity index (χ0v) is 11.6. The number of para-hydroxylation sites is 2. The fraction of sp³-hybridized carbons (Fsp3) is 0.538. The third-order valence-electron chi connectivity index (χ3n) is 3.09. The first kappa shape index (κ1) is 13.5. The Hall–Kier alpha value is -0.970. The second-order valence-corrected chi connectivity index (χ2v) is 4.56. The second kappa shape index (κ2) is 6.27. The van der Waals surface area contributed by atoms with E-state index in [0.717, 1.165) is 24.5 Å². The minimum atomic E-state index is -0.173. The Morgan fingerprint density at radius 1 is 1.00 bits per heavy atom. The minimum absolute atomic E-state index is 0.173. The zero-order valence-electron chi connectivity index (χ0n) is 10.8. The molecule has 0 aliphatic carbocycles. The summed E-state index contributed by atoms with van der Waals surface area (Å²) in [5, 5.41) is 0. The maximum Gasteiger partial charge on any atom is 0.180 e. The molecule has 1 aliphatic rings. The number of hydrogen-bond acceptors (Lipinski definition) is 4. The van der Waals surface area contributed by atoms with Gasteiger partial charge in [-0.05, 0) is 12.1 Å². The van der Waals surface area contributed by atoms with Gasteiger partial charge in [0.05, 0.1) is 24.6 Å². The molecule has 1 aromatic carbocycles. The Balaban J connectivity index is 2.19. The highest BCUT2D eigenvalue weighted by Gasteiger charge is 2.33. The normalized spacial score (nSPS) is 15.3. The molecule has 0 bridgehead atoms. The van der Waals surface area contributed by atoms with Gasteiger partial charge in [0.15, 0.2) is 5.62 Å². The van der Waals surface area contributed by atoms with E-state index in [-0.39, 0.29) is 5.62 Å². The van der Waals surface area contributed by atoms with E-state index in [4.69, 9.17) is 21.1 Å². The van der Waals surface area contributed by atoms with Gasteiger partial charge in [0.25, 0.3) is 0 Å². The summed E-state index contributed by atoms with van der Waals surface area (Å²) in [6.07, 6.45) is 0. The molecule has 0 amide bonds. The van der Waals surface area contributed by atoms with E-state index in [1.807, 2.05) is 12.1 Å². The van der Waals surface area contributed by atoms with Crippen LogP contribution in [0.1, 0.15) is 0 Å². The van der Waals surface area contributed by atoms with Gasteiger partial charge in [-0.1, -0.05) is 23.7 Å². The standard InChI is InChI=1S/C13H19ClN2O2/c1-17-9-7-15-11-5-3-4-6-12(11)16(13(15)14)8-10-18-2/h3-6,13H,7-10H2,1-2H3. The Bertz CT molecular complexity index is 354. The first-order valence-corrected chi connectivity index (χ1v) is 6.47. The van der Waals surface area contributed by atoms with Crippen molar-refractivity contribution in [3.63, 3.8) is 0 Å². The number of ether oxygens (including phenoxy) is 2. The highest BCUT2D eigenvalue weighted by Crippen LogP contribution is 2.40. The van der Waals surface area contributed by atoms with Gasteiger partial charge in [-0.15, -0.1) is 0 Å². The molecular formula is C13H19ClN2O2. The quantitative estimate of drug-likeness (QED) is 0.584. The maximum absolute atomic E-state index is 6.52. The van der Waals surface area contributed by atoms with Crippen molar-refractivity contribution in [2.75, 3.05) is 50.3 Å². The predicted octanol–water partition coefficient (Wildman–Crippen LogP) is 2.13. The van der Waals surface area contributed by atoms with Crippen LogP contribution in [0.3, 0.4) is 0 Å². The van der Waals surface area contributed by atoms with Crippen molar-refractivity contribution in [2.45, 2.75) is 5.62 Å². The molecule has 0 fully saturated rings. The van der Waals surface area contributed by atoms with Crippen molar-refractivity contribution >= 4 is 23.0 Å². The number of alkyl halides is 1. The number of hydrogen-bond donors (Lipinski definition) is 0. The molecule has 1 aliphatic heterocycles. The molecule has 1 aromatic rings. The van der Waals surface area contributed by atoms with Gasteiger partial charge in [-0.25, -0.2) is 0 Å². The molecule has 5 heteroatoms. The highest BCUT2D eigenvalue weighted by molar-refractivity contribution is 6.24. The van der Waals surface area contributed by atoms with Crippen LogP contribution in [0.2, 0.25) is 0 Å². The number of nitrogens with zero attached hydrogens (tertiary/aromatic N) is 2. The topological polar surface area (TPSA) is 24.9 Å². The first-order chi connectivity index (χ1) is 8.79. The van der Waals surface area contributed by atoms with Crippen molar-refractivity contribution in [3.05, 3.63) is 24.3 Å². The van der Waals surface area contributed by atoms with Gasteiger partial charge in [-0.2, -0.15) is 0 Å². The summed E-state index contributed by atoms with van der Waals surface area (Å²) in [4.78, 5) is 4.30. The zero-order chi connectivity index (χ0) is 13.0. The summed E-state index contributed by atoms with van der Waals surface area (Å²) in [6, 6.07) is 8.24. The molecule has 0 atom stereocenters. The summed E-state index contributed by atoms with van der Waals surface area (Å²) in [6.45, 7) is 2.89. The molecule has 4 nitrogen and oxygen atoms in total. The highest BCUT2D eigenvalue weighted by atomic mass is 35.5. The van der Waals surface area contributed by atoms with Crippen molar-refractivity contribution in [1.82, 2.24) is 0 Å². The van der Waals surface area contributed by atoms with Crippen LogP contribution in [0.4, 0.5) is 11.4 Å². The largest absolute Gasteiger partial charge is 0.383 e. The van der Waals surface area contributed by atoms with Crippen molar-refractivity contribution in [2.24, 2.45) is 0 Å². The van der Waals surface area contributed by atoms with Crippen LogP contribution in [0, 0.1) is 0 Å².